The van der Waals surface area contributed by atoms with Crippen LogP contribution in [-0.4, -0.2) is 33.1 Å². The van der Waals surface area contributed by atoms with Gasteiger partial charge in [0.15, 0.2) is 5.82 Å². The third kappa shape index (κ3) is 5.30. The van der Waals surface area contributed by atoms with Crippen molar-refractivity contribution in [3.05, 3.63) is 65.5 Å². The molecule has 1 aromatic heterocycles. The Bertz CT molecular complexity index is 1040. The first-order valence-electron chi connectivity index (χ1n) is 9.23. The standard InChI is InChI=1S/C21H22N6O2S/c1-15-10-16(2)12-18(11-15)29-13-19-24-25-21(27(19)23)30-14-20(28)26(9-8-22)17-6-4-3-5-7-17/h3-7,10-12H,9,13-14,23H2,1-2H3. The fourth-order valence-electron chi connectivity index (χ4n) is 2.87. The molecule has 0 aliphatic rings. The molecular formula is C21H22N6O2S. The maximum atomic E-state index is 12.6. The van der Waals surface area contributed by atoms with Crippen molar-refractivity contribution < 1.29 is 9.53 Å². The molecule has 0 unspecified atom stereocenters. The van der Waals surface area contributed by atoms with Gasteiger partial charge in [-0.05, 0) is 49.2 Å². The lowest BCUT2D eigenvalue weighted by Gasteiger charge is -2.19. The molecule has 0 aliphatic carbocycles. The lowest BCUT2D eigenvalue weighted by atomic mass is 10.1. The Morgan fingerprint density at radius 3 is 2.57 bits per heavy atom. The number of para-hydroxylation sites is 1. The van der Waals surface area contributed by atoms with Gasteiger partial charge >= 0.3 is 0 Å². The highest BCUT2D eigenvalue weighted by Crippen LogP contribution is 2.20. The number of nitrogens with zero attached hydrogens (tertiary/aromatic N) is 5. The Morgan fingerprint density at radius 2 is 1.90 bits per heavy atom. The van der Waals surface area contributed by atoms with Gasteiger partial charge < -0.3 is 10.6 Å². The first-order chi connectivity index (χ1) is 14.5. The zero-order valence-corrected chi connectivity index (χ0v) is 17.6. The van der Waals surface area contributed by atoms with Gasteiger partial charge in [0.2, 0.25) is 11.1 Å². The lowest BCUT2D eigenvalue weighted by Crippen LogP contribution is -2.32. The minimum Gasteiger partial charge on any atom is -0.486 e. The van der Waals surface area contributed by atoms with Gasteiger partial charge in [0.25, 0.3) is 0 Å². The molecule has 2 aromatic carbocycles. The molecular weight excluding hydrogens is 400 g/mol. The summed E-state index contributed by atoms with van der Waals surface area (Å²) in [6.07, 6.45) is 0. The van der Waals surface area contributed by atoms with E-state index < -0.39 is 0 Å². The number of carbonyl (C=O) groups is 1. The molecule has 0 spiro atoms. The summed E-state index contributed by atoms with van der Waals surface area (Å²) in [6, 6.07) is 17.0. The Morgan fingerprint density at radius 1 is 1.20 bits per heavy atom. The number of rotatable bonds is 8. The van der Waals surface area contributed by atoms with Crippen LogP contribution >= 0.6 is 11.8 Å². The number of hydrogen-bond acceptors (Lipinski definition) is 7. The molecule has 8 nitrogen and oxygen atoms in total. The smallest absolute Gasteiger partial charge is 0.238 e. The summed E-state index contributed by atoms with van der Waals surface area (Å²) < 4.78 is 7.09. The van der Waals surface area contributed by atoms with E-state index in [2.05, 4.69) is 16.3 Å². The number of aromatic nitrogens is 3. The maximum absolute atomic E-state index is 12.6. The van der Waals surface area contributed by atoms with E-state index in [0.29, 0.717) is 16.7 Å². The van der Waals surface area contributed by atoms with Gasteiger partial charge in [-0.3, -0.25) is 9.69 Å². The van der Waals surface area contributed by atoms with Crippen molar-refractivity contribution in [2.45, 2.75) is 25.6 Å². The fraction of sp³-hybridized carbons (Fsp3) is 0.238. The van der Waals surface area contributed by atoms with Crippen LogP contribution in [0.15, 0.2) is 53.7 Å². The normalized spacial score (nSPS) is 10.4. The Kier molecular flexibility index (Phi) is 6.93. The van der Waals surface area contributed by atoms with Crippen molar-refractivity contribution in [1.29, 1.82) is 5.26 Å². The number of carbonyl (C=O) groups excluding carboxylic acids is 1. The van der Waals surface area contributed by atoms with Crippen molar-refractivity contribution in [3.63, 3.8) is 0 Å². The number of anilines is 1. The first-order valence-corrected chi connectivity index (χ1v) is 10.2. The summed E-state index contributed by atoms with van der Waals surface area (Å²) in [6.45, 7) is 4.13. The Labute approximate surface area is 179 Å². The highest BCUT2D eigenvalue weighted by Gasteiger charge is 2.18. The van der Waals surface area contributed by atoms with E-state index in [4.69, 9.17) is 15.8 Å². The Hall–Kier alpha value is -3.51. The van der Waals surface area contributed by atoms with Gasteiger partial charge in [-0.15, -0.1) is 10.2 Å². The van der Waals surface area contributed by atoms with Gasteiger partial charge in [0, 0.05) is 5.69 Å². The number of aryl methyl sites for hydroxylation is 2. The number of hydrogen-bond donors (Lipinski definition) is 1. The molecule has 0 aliphatic heterocycles. The largest absolute Gasteiger partial charge is 0.486 e. The second kappa shape index (κ2) is 9.80. The van der Waals surface area contributed by atoms with Crippen molar-refractivity contribution in [2.75, 3.05) is 23.0 Å². The minimum absolute atomic E-state index is 0.0340. The van der Waals surface area contributed by atoms with Crippen LogP contribution in [0.2, 0.25) is 0 Å². The third-order valence-electron chi connectivity index (χ3n) is 4.22. The zero-order chi connectivity index (χ0) is 21.5. The van der Waals surface area contributed by atoms with E-state index in [0.717, 1.165) is 28.6 Å². The lowest BCUT2D eigenvalue weighted by molar-refractivity contribution is -0.116. The average Bonchev–Trinajstić information content (AvgIpc) is 3.08. The maximum Gasteiger partial charge on any atom is 0.238 e. The number of ether oxygens (including phenoxy) is 1. The molecule has 1 amide bonds. The second-order valence-corrected chi connectivity index (χ2v) is 7.59. The summed E-state index contributed by atoms with van der Waals surface area (Å²) in [5.74, 6) is 7.10. The SMILES string of the molecule is Cc1cc(C)cc(OCc2nnc(SCC(=O)N(CC#N)c3ccccc3)n2N)c1. The van der Waals surface area contributed by atoms with Crippen molar-refractivity contribution >= 4 is 23.4 Å². The van der Waals surface area contributed by atoms with Crippen LogP contribution in [0.5, 0.6) is 5.75 Å². The highest BCUT2D eigenvalue weighted by atomic mass is 32.2. The molecule has 3 rings (SSSR count). The average molecular weight is 423 g/mol. The van der Waals surface area contributed by atoms with Crippen LogP contribution in [0, 0.1) is 25.2 Å². The van der Waals surface area contributed by atoms with E-state index in [1.165, 1.54) is 9.58 Å². The molecule has 0 fully saturated rings. The van der Waals surface area contributed by atoms with Gasteiger partial charge in [0.05, 0.1) is 11.8 Å². The van der Waals surface area contributed by atoms with Gasteiger partial charge in [-0.25, -0.2) is 4.68 Å². The fourth-order valence-corrected chi connectivity index (χ4v) is 3.63. The topological polar surface area (TPSA) is 110 Å². The van der Waals surface area contributed by atoms with Crippen molar-refractivity contribution in [1.82, 2.24) is 14.9 Å². The van der Waals surface area contributed by atoms with Crippen molar-refractivity contribution in [2.24, 2.45) is 0 Å². The second-order valence-electron chi connectivity index (χ2n) is 6.64. The van der Waals surface area contributed by atoms with Gasteiger partial charge in [0.1, 0.15) is 18.9 Å². The van der Waals surface area contributed by atoms with E-state index in [1.54, 1.807) is 12.1 Å². The molecule has 30 heavy (non-hydrogen) atoms. The monoisotopic (exact) mass is 422 g/mol. The summed E-state index contributed by atoms with van der Waals surface area (Å²) in [5.41, 5.74) is 2.88. The predicted octanol–water partition coefficient (Wildman–Crippen LogP) is 2.84. The van der Waals surface area contributed by atoms with E-state index in [1.807, 2.05) is 50.2 Å². The number of nitrogen functional groups attached to an aromatic ring is 1. The molecule has 154 valence electrons. The zero-order valence-electron chi connectivity index (χ0n) is 16.8. The molecule has 0 radical (unpaired) electrons. The van der Waals surface area contributed by atoms with Crippen LogP contribution < -0.4 is 15.5 Å². The number of nitrogens with two attached hydrogens (primary N) is 1. The molecule has 0 saturated carbocycles. The first kappa shape index (κ1) is 21.2. The van der Waals surface area contributed by atoms with Crippen LogP contribution in [0.4, 0.5) is 5.69 Å². The van der Waals surface area contributed by atoms with Crippen LogP contribution in [-0.2, 0) is 11.4 Å². The number of benzene rings is 2. The van der Waals surface area contributed by atoms with Crippen LogP contribution in [0.25, 0.3) is 0 Å². The van der Waals surface area contributed by atoms with Crippen LogP contribution in [0.3, 0.4) is 0 Å². The molecule has 1 heterocycles. The third-order valence-corrected chi connectivity index (χ3v) is 5.15. The van der Waals surface area contributed by atoms with E-state index >= 15 is 0 Å². The van der Waals surface area contributed by atoms with Gasteiger partial charge in [-0.2, -0.15) is 5.26 Å². The van der Waals surface area contributed by atoms with Crippen LogP contribution in [0.1, 0.15) is 17.0 Å². The molecule has 0 atom stereocenters. The number of amides is 1. The highest BCUT2D eigenvalue weighted by molar-refractivity contribution is 7.99. The summed E-state index contributed by atoms with van der Waals surface area (Å²) in [5, 5.41) is 17.6. The van der Waals surface area contributed by atoms with Crippen molar-refractivity contribution in [3.8, 4) is 11.8 Å². The van der Waals surface area contributed by atoms with Gasteiger partial charge in [-0.1, -0.05) is 36.0 Å². The quantitative estimate of drug-likeness (QED) is 0.338. The minimum atomic E-state index is -0.219. The number of nitriles is 1. The summed E-state index contributed by atoms with van der Waals surface area (Å²) in [7, 11) is 0. The Balaban J connectivity index is 1.61. The van der Waals surface area contributed by atoms with E-state index in [-0.39, 0.29) is 24.8 Å². The predicted molar refractivity (Wildman–Crippen MR) is 116 cm³/mol. The molecule has 3 aromatic rings. The molecule has 2 N–H and O–H groups in total. The summed E-state index contributed by atoms with van der Waals surface area (Å²) in [4.78, 5) is 14.1. The van der Waals surface area contributed by atoms with E-state index in [9.17, 15) is 4.79 Å². The number of thioether (sulfide) groups is 1. The molecule has 0 bridgehead atoms. The summed E-state index contributed by atoms with van der Waals surface area (Å²) >= 11 is 1.16. The molecule has 9 heteroatoms. The molecule has 0 saturated heterocycles.